The summed E-state index contributed by atoms with van der Waals surface area (Å²) in [5.74, 6) is -0.585. The number of sulfonamides is 1. The SMILES string of the molecule is CCCN(CCc1ccc(OC(C)(C)C(=O)O)cc1)S(=O)(=O)c1cc2ccccc2s1. The molecule has 1 heterocycles. The Morgan fingerprint density at radius 3 is 2.39 bits per heavy atom. The third-order valence-corrected chi connectivity index (χ3v) is 8.40. The van der Waals surface area contributed by atoms with Gasteiger partial charge in [-0.2, -0.15) is 4.31 Å². The molecule has 31 heavy (non-hydrogen) atoms. The van der Waals surface area contributed by atoms with Crippen LogP contribution in [0, 0.1) is 0 Å². The molecule has 0 saturated heterocycles. The largest absolute Gasteiger partial charge is 0.478 e. The number of nitrogens with zero attached hydrogens (tertiary/aromatic N) is 1. The van der Waals surface area contributed by atoms with Crippen LogP contribution in [-0.4, -0.2) is 42.5 Å². The first-order chi connectivity index (χ1) is 14.6. The molecular formula is C23H27NO5S2. The molecule has 2 aromatic carbocycles. The van der Waals surface area contributed by atoms with Gasteiger partial charge in [0.15, 0.2) is 5.60 Å². The van der Waals surface area contributed by atoms with E-state index >= 15 is 0 Å². The number of thiophene rings is 1. The molecular weight excluding hydrogens is 434 g/mol. The summed E-state index contributed by atoms with van der Waals surface area (Å²) in [7, 11) is -3.58. The molecule has 8 heteroatoms. The Morgan fingerprint density at radius 1 is 1.10 bits per heavy atom. The zero-order valence-electron chi connectivity index (χ0n) is 17.9. The van der Waals surface area contributed by atoms with E-state index in [1.165, 1.54) is 29.5 Å². The summed E-state index contributed by atoms with van der Waals surface area (Å²) in [6.07, 6.45) is 1.27. The van der Waals surface area contributed by atoms with Gasteiger partial charge in [0.05, 0.1) is 0 Å². The molecule has 0 atom stereocenters. The highest BCUT2D eigenvalue weighted by atomic mass is 32.2. The fourth-order valence-corrected chi connectivity index (χ4v) is 6.22. The Kier molecular flexibility index (Phi) is 7.03. The number of ether oxygens (including phenoxy) is 1. The van der Waals surface area contributed by atoms with Crippen LogP contribution in [-0.2, 0) is 21.2 Å². The maximum absolute atomic E-state index is 13.2. The van der Waals surface area contributed by atoms with E-state index in [4.69, 9.17) is 4.74 Å². The van der Waals surface area contributed by atoms with Gasteiger partial charge in [0.2, 0.25) is 0 Å². The molecule has 0 saturated carbocycles. The second kappa shape index (κ2) is 9.38. The summed E-state index contributed by atoms with van der Waals surface area (Å²) in [5.41, 5.74) is -0.370. The van der Waals surface area contributed by atoms with Crippen LogP contribution in [0.4, 0.5) is 0 Å². The van der Waals surface area contributed by atoms with Crippen molar-refractivity contribution >= 4 is 37.4 Å². The van der Waals surface area contributed by atoms with Crippen molar-refractivity contribution in [3.05, 3.63) is 60.2 Å². The highest BCUT2D eigenvalue weighted by Crippen LogP contribution is 2.31. The van der Waals surface area contributed by atoms with Crippen molar-refractivity contribution in [1.82, 2.24) is 4.31 Å². The molecule has 0 fully saturated rings. The molecule has 1 aromatic heterocycles. The van der Waals surface area contributed by atoms with Gasteiger partial charge in [-0.05, 0) is 61.9 Å². The Labute approximate surface area is 187 Å². The number of rotatable bonds is 10. The zero-order valence-corrected chi connectivity index (χ0v) is 19.5. The van der Waals surface area contributed by atoms with E-state index < -0.39 is 21.6 Å². The number of carboxylic acid groups (broad SMARTS) is 1. The Balaban J connectivity index is 1.72. The van der Waals surface area contributed by atoms with E-state index in [2.05, 4.69) is 0 Å². The minimum atomic E-state index is -3.58. The molecule has 3 rings (SSSR count). The topological polar surface area (TPSA) is 83.9 Å². The lowest BCUT2D eigenvalue weighted by atomic mass is 10.1. The fraction of sp³-hybridized carbons (Fsp3) is 0.348. The first kappa shape index (κ1) is 23.2. The van der Waals surface area contributed by atoms with Crippen LogP contribution in [0.5, 0.6) is 5.75 Å². The molecule has 0 unspecified atom stereocenters. The average Bonchev–Trinajstić information content (AvgIpc) is 3.17. The average molecular weight is 462 g/mol. The van der Waals surface area contributed by atoms with Gasteiger partial charge in [-0.1, -0.05) is 37.3 Å². The minimum absolute atomic E-state index is 0.363. The van der Waals surface area contributed by atoms with Gasteiger partial charge >= 0.3 is 5.97 Å². The summed E-state index contributed by atoms with van der Waals surface area (Å²) >= 11 is 1.30. The Bertz CT molecular complexity index is 1120. The number of aliphatic carboxylic acids is 1. The minimum Gasteiger partial charge on any atom is -0.478 e. The second-order valence-corrected chi connectivity index (χ2v) is 11.1. The van der Waals surface area contributed by atoms with Crippen molar-refractivity contribution in [2.45, 2.75) is 43.4 Å². The predicted molar refractivity (Wildman–Crippen MR) is 123 cm³/mol. The normalized spacial score (nSPS) is 12.4. The van der Waals surface area contributed by atoms with Crippen molar-refractivity contribution in [2.75, 3.05) is 13.1 Å². The highest BCUT2D eigenvalue weighted by molar-refractivity contribution is 7.91. The third kappa shape index (κ3) is 5.44. The van der Waals surface area contributed by atoms with Gasteiger partial charge in [0.1, 0.15) is 9.96 Å². The monoisotopic (exact) mass is 461 g/mol. The molecule has 3 aromatic rings. The van der Waals surface area contributed by atoms with Crippen molar-refractivity contribution in [3.8, 4) is 5.75 Å². The Morgan fingerprint density at radius 2 is 1.77 bits per heavy atom. The quantitative estimate of drug-likeness (QED) is 0.469. The van der Waals surface area contributed by atoms with E-state index in [1.807, 2.05) is 43.3 Å². The van der Waals surface area contributed by atoms with E-state index in [0.717, 1.165) is 22.1 Å². The van der Waals surface area contributed by atoms with Gasteiger partial charge < -0.3 is 9.84 Å². The van der Waals surface area contributed by atoms with Gasteiger partial charge in [-0.25, -0.2) is 13.2 Å². The summed E-state index contributed by atoms with van der Waals surface area (Å²) in [6.45, 7) is 5.76. The van der Waals surface area contributed by atoms with Crippen LogP contribution in [0.25, 0.3) is 10.1 Å². The van der Waals surface area contributed by atoms with Crippen LogP contribution in [0.2, 0.25) is 0 Å². The summed E-state index contributed by atoms with van der Waals surface area (Å²) < 4.78 is 34.9. The maximum atomic E-state index is 13.2. The first-order valence-electron chi connectivity index (χ1n) is 10.1. The number of fused-ring (bicyclic) bond motifs is 1. The van der Waals surface area contributed by atoms with Gasteiger partial charge in [-0.3, -0.25) is 0 Å². The van der Waals surface area contributed by atoms with Crippen molar-refractivity contribution in [3.63, 3.8) is 0 Å². The van der Waals surface area contributed by atoms with Crippen LogP contribution in [0.15, 0.2) is 58.8 Å². The zero-order chi connectivity index (χ0) is 22.6. The number of benzene rings is 2. The van der Waals surface area contributed by atoms with E-state index in [1.54, 1.807) is 18.2 Å². The summed E-state index contributed by atoms with van der Waals surface area (Å²) in [6, 6.07) is 16.5. The molecule has 0 aliphatic rings. The molecule has 1 N–H and O–H groups in total. The summed E-state index contributed by atoms with van der Waals surface area (Å²) in [4.78, 5) is 11.2. The van der Waals surface area contributed by atoms with Crippen LogP contribution in [0.3, 0.4) is 0 Å². The van der Waals surface area contributed by atoms with Crippen molar-refractivity contribution < 1.29 is 23.1 Å². The molecule has 6 nitrogen and oxygen atoms in total. The standard InChI is InChI=1S/C23H27NO5S2/c1-4-14-24(31(27,28)21-16-18-7-5-6-8-20(18)30-21)15-13-17-9-11-19(12-10-17)29-23(2,3)22(25)26/h5-12,16H,4,13-15H2,1-3H3,(H,25,26). The molecule has 166 valence electrons. The number of carbonyl (C=O) groups is 1. The smallest absolute Gasteiger partial charge is 0.347 e. The molecule has 0 spiro atoms. The van der Waals surface area contributed by atoms with E-state index in [-0.39, 0.29) is 0 Å². The lowest BCUT2D eigenvalue weighted by molar-refractivity contribution is -0.152. The maximum Gasteiger partial charge on any atom is 0.347 e. The summed E-state index contributed by atoms with van der Waals surface area (Å²) in [5, 5.41) is 10.1. The molecule has 0 radical (unpaired) electrons. The number of hydrogen-bond acceptors (Lipinski definition) is 5. The highest BCUT2D eigenvalue weighted by Gasteiger charge is 2.29. The number of hydrogen-bond donors (Lipinski definition) is 1. The van der Waals surface area contributed by atoms with E-state index in [9.17, 15) is 18.3 Å². The van der Waals surface area contributed by atoms with Crippen molar-refractivity contribution in [1.29, 1.82) is 0 Å². The van der Waals surface area contributed by atoms with Gasteiger partial charge in [-0.15, -0.1) is 11.3 Å². The van der Waals surface area contributed by atoms with Gasteiger partial charge in [0, 0.05) is 17.8 Å². The second-order valence-electron chi connectivity index (χ2n) is 7.82. The van der Waals surface area contributed by atoms with Crippen LogP contribution in [0.1, 0.15) is 32.8 Å². The van der Waals surface area contributed by atoms with E-state index in [0.29, 0.717) is 29.5 Å². The fourth-order valence-electron chi connectivity index (χ4n) is 3.13. The lowest BCUT2D eigenvalue weighted by Gasteiger charge is -2.22. The lowest BCUT2D eigenvalue weighted by Crippen LogP contribution is -2.37. The molecule has 0 amide bonds. The number of carboxylic acids is 1. The van der Waals surface area contributed by atoms with Crippen LogP contribution >= 0.6 is 11.3 Å². The Hall–Kier alpha value is -2.42. The van der Waals surface area contributed by atoms with Gasteiger partial charge in [0.25, 0.3) is 10.0 Å². The van der Waals surface area contributed by atoms with Crippen molar-refractivity contribution in [2.24, 2.45) is 0 Å². The van der Waals surface area contributed by atoms with Crippen LogP contribution < -0.4 is 4.74 Å². The molecule has 0 bridgehead atoms. The molecule has 0 aliphatic heterocycles. The first-order valence-corrected chi connectivity index (χ1v) is 12.4. The predicted octanol–water partition coefficient (Wildman–Crippen LogP) is 4.79. The third-order valence-electron chi connectivity index (χ3n) is 4.93. The molecule has 0 aliphatic carbocycles.